The summed E-state index contributed by atoms with van der Waals surface area (Å²) in [4.78, 5) is 6.68. The highest BCUT2D eigenvalue weighted by Crippen LogP contribution is 2.24. The van der Waals surface area contributed by atoms with Crippen molar-refractivity contribution >= 4 is 0 Å². The van der Waals surface area contributed by atoms with Crippen molar-refractivity contribution in [3.8, 4) is 5.75 Å². The average Bonchev–Trinajstić information content (AvgIpc) is 2.58. The molecular weight excluding hydrogens is 288 g/mol. The molecule has 1 aliphatic heterocycles. The van der Waals surface area contributed by atoms with Gasteiger partial charge in [-0.1, -0.05) is 31.2 Å². The maximum atomic E-state index is 9.87. The van der Waals surface area contributed by atoms with Gasteiger partial charge in [-0.2, -0.15) is 0 Å². The number of benzene rings is 1. The Morgan fingerprint density at radius 1 is 1.22 bits per heavy atom. The van der Waals surface area contributed by atoms with Crippen LogP contribution in [-0.4, -0.2) is 34.2 Å². The fourth-order valence-corrected chi connectivity index (χ4v) is 3.01. The molecule has 3 rings (SSSR count). The van der Waals surface area contributed by atoms with Crippen molar-refractivity contribution in [1.82, 2.24) is 9.88 Å². The number of piperidine rings is 1. The van der Waals surface area contributed by atoms with Crippen LogP contribution < -0.4 is 4.74 Å². The van der Waals surface area contributed by atoms with E-state index in [1.807, 2.05) is 36.4 Å². The summed E-state index contributed by atoms with van der Waals surface area (Å²) in [5.74, 6) is 1.24. The first kappa shape index (κ1) is 16.0. The summed E-state index contributed by atoms with van der Waals surface area (Å²) in [6, 6.07) is 14.0. The molecule has 0 spiro atoms. The Balaban J connectivity index is 1.64. The van der Waals surface area contributed by atoms with Crippen LogP contribution in [0.2, 0.25) is 0 Å². The number of aliphatic hydroxyl groups excluding tert-OH is 1. The Morgan fingerprint density at radius 2 is 2.04 bits per heavy atom. The van der Waals surface area contributed by atoms with Gasteiger partial charge in [-0.05, 0) is 30.5 Å². The van der Waals surface area contributed by atoms with E-state index in [2.05, 4.69) is 22.9 Å². The zero-order valence-corrected chi connectivity index (χ0v) is 13.6. The Hall–Kier alpha value is -1.91. The third kappa shape index (κ3) is 4.30. The molecule has 2 aromatic rings. The summed E-state index contributed by atoms with van der Waals surface area (Å²) in [5.41, 5.74) is 2.11. The minimum atomic E-state index is -0.165. The third-order valence-corrected chi connectivity index (χ3v) is 4.41. The van der Waals surface area contributed by atoms with Crippen LogP contribution in [0.3, 0.4) is 0 Å². The molecule has 0 saturated carbocycles. The zero-order valence-electron chi connectivity index (χ0n) is 13.6. The van der Waals surface area contributed by atoms with Gasteiger partial charge < -0.3 is 9.84 Å². The van der Waals surface area contributed by atoms with E-state index in [0.717, 1.165) is 37.5 Å². The summed E-state index contributed by atoms with van der Waals surface area (Å²) in [7, 11) is 0. The van der Waals surface area contributed by atoms with Crippen LogP contribution in [0.5, 0.6) is 5.75 Å². The average molecular weight is 312 g/mol. The number of aromatic nitrogens is 1. The number of ether oxygens (including phenoxy) is 1. The summed E-state index contributed by atoms with van der Waals surface area (Å²) in [6.07, 6.45) is 2.46. The number of para-hydroxylation sites is 1. The van der Waals surface area contributed by atoms with Gasteiger partial charge in [0.15, 0.2) is 0 Å². The van der Waals surface area contributed by atoms with Gasteiger partial charge in [0.1, 0.15) is 12.4 Å². The van der Waals surface area contributed by atoms with Crippen LogP contribution in [-0.2, 0) is 13.2 Å². The predicted octanol–water partition coefficient (Wildman–Crippen LogP) is 2.86. The van der Waals surface area contributed by atoms with Gasteiger partial charge in [-0.3, -0.25) is 9.88 Å². The molecule has 1 aromatic heterocycles. The van der Waals surface area contributed by atoms with E-state index in [4.69, 9.17) is 4.74 Å². The second-order valence-corrected chi connectivity index (χ2v) is 6.29. The van der Waals surface area contributed by atoms with Crippen molar-refractivity contribution in [3.05, 3.63) is 59.9 Å². The second kappa shape index (κ2) is 7.57. The largest absolute Gasteiger partial charge is 0.487 e. The van der Waals surface area contributed by atoms with Crippen molar-refractivity contribution in [3.63, 3.8) is 0 Å². The van der Waals surface area contributed by atoms with Crippen LogP contribution >= 0.6 is 0 Å². The smallest absolute Gasteiger partial charge is 0.130 e. The maximum absolute atomic E-state index is 9.87. The quantitative estimate of drug-likeness (QED) is 0.922. The van der Waals surface area contributed by atoms with E-state index in [1.54, 1.807) is 6.20 Å². The monoisotopic (exact) mass is 312 g/mol. The highest BCUT2D eigenvalue weighted by atomic mass is 16.5. The van der Waals surface area contributed by atoms with Gasteiger partial charge in [0.2, 0.25) is 0 Å². The molecule has 1 fully saturated rings. The summed E-state index contributed by atoms with van der Waals surface area (Å²) >= 11 is 0. The van der Waals surface area contributed by atoms with E-state index >= 15 is 0 Å². The molecule has 1 aliphatic rings. The van der Waals surface area contributed by atoms with E-state index < -0.39 is 0 Å². The Morgan fingerprint density at radius 3 is 2.83 bits per heavy atom. The van der Waals surface area contributed by atoms with Crippen molar-refractivity contribution in [2.45, 2.75) is 32.6 Å². The lowest BCUT2D eigenvalue weighted by molar-refractivity contribution is 0.0317. The first-order valence-corrected chi connectivity index (χ1v) is 8.23. The molecule has 0 aliphatic carbocycles. The molecular formula is C19H24N2O2. The molecule has 2 heterocycles. The Labute approximate surface area is 137 Å². The number of pyridine rings is 1. The molecule has 23 heavy (non-hydrogen) atoms. The van der Waals surface area contributed by atoms with Crippen LogP contribution in [0.1, 0.15) is 24.6 Å². The number of nitrogens with zero attached hydrogens (tertiary/aromatic N) is 2. The standard InChI is InChI=1S/C19H24N2O2/c1-15-12-21(11-9-18(15)22)13-16-6-2-3-8-19(16)23-14-17-7-4-5-10-20-17/h2-8,10,15,18,22H,9,11-14H2,1H3. The highest BCUT2D eigenvalue weighted by Gasteiger charge is 2.24. The lowest BCUT2D eigenvalue weighted by Crippen LogP contribution is -2.41. The number of rotatable bonds is 5. The van der Waals surface area contributed by atoms with Crippen molar-refractivity contribution < 1.29 is 9.84 Å². The molecule has 122 valence electrons. The lowest BCUT2D eigenvalue weighted by atomic mass is 9.96. The zero-order chi connectivity index (χ0) is 16.1. The van der Waals surface area contributed by atoms with Crippen LogP contribution in [0.15, 0.2) is 48.7 Å². The molecule has 0 radical (unpaired) electrons. The van der Waals surface area contributed by atoms with Gasteiger partial charge in [0.05, 0.1) is 11.8 Å². The first-order chi connectivity index (χ1) is 11.2. The normalized spacial score (nSPS) is 22.0. The minimum Gasteiger partial charge on any atom is -0.487 e. The molecule has 2 atom stereocenters. The SMILES string of the molecule is CC1CN(Cc2ccccc2OCc2ccccn2)CCC1O. The maximum Gasteiger partial charge on any atom is 0.130 e. The molecule has 4 nitrogen and oxygen atoms in total. The van der Waals surface area contributed by atoms with Gasteiger partial charge in [-0.15, -0.1) is 0 Å². The molecule has 2 unspecified atom stereocenters. The fraction of sp³-hybridized carbons (Fsp3) is 0.421. The number of hydrogen-bond donors (Lipinski definition) is 1. The minimum absolute atomic E-state index is 0.165. The first-order valence-electron chi connectivity index (χ1n) is 8.23. The van der Waals surface area contributed by atoms with Gasteiger partial charge >= 0.3 is 0 Å². The highest BCUT2D eigenvalue weighted by molar-refractivity contribution is 5.33. The van der Waals surface area contributed by atoms with Crippen LogP contribution in [0, 0.1) is 5.92 Å². The fourth-order valence-electron chi connectivity index (χ4n) is 3.01. The van der Waals surface area contributed by atoms with Crippen LogP contribution in [0.4, 0.5) is 0 Å². The third-order valence-electron chi connectivity index (χ3n) is 4.41. The molecule has 0 amide bonds. The van der Waals surface area contributed by atoms with E-state index in [9.17, 15) is 5.11 Å². The van der Waals surface area contributed by atoms with Crippen molar-refractivity contribution in [1.29, 1.82) is 0 Å². The Bertz CT molecular complexity index is 618. The summed E-state index contributed by atoms with van der Waals surface area (Å²) < 4.78 is 5.97. The summed E-state index contributed by atoms with van der Waals surface area (Å²) in [6.45, 7) is 5.30. The van der Waals surface area contributed by atoms with Gasteiger partial charge in [0, 0.05) is 31.4 Å². The Kier molecular flexibility index (Phi) is 5.26. The molecule has 4 heteroatoms. The van der Waals surface area contributed by atoms with Gasteiger partial charge in [-0.25, -0.2) is 0 Å². The number of hydrogen-bond acceptors (Lipinski definition) is 4. The van der Waals surface area contributed by atoms with E-state index in [0.29, 0.717) is 12.5 Å². The molecule has 1 N–H and O–H groups in total. The van der Waals surface area contributed by atoms with Crippen LogP contribution in [0.25, 0.3) is 0 Å². The molecule has 1 saturated heterocycles. The summed E-state index contributed by atoms with van der Waals surface area (Å²) in [5, 5.41) is 9.87. The lowest BCUT2D eigenvalue weighted by Gasteiger charge is -2.34. The molecule has 0 bridgehead atoms. The number of aliphatic hydroxyl groups is 1. The van der Waals surface area contributed by atoms with E-state index in [1.165, 1.54) is 5.56 Å². The van der Waals surface area contributed by atoms with Crippen molar-refractivity contribution in [2.24, 2.45) is 5.92 Å². The van der Waals surface area contributed by atoms with E-state index in [-0.39, 0.29) is 6.10 Å². The topological polar surface area (TPSA) is 45.6 Å². The second-order valence-electron chi connectivity index (χ2n) is 6.29. The van der Waals surface area contributed by atoms with Gasteiger partial charge in [0.25, 0.3) is 0 Å². The number of likely N-dealkylation sites (tertiary alicyclic amines) is 1. The predicted molar refractivity (Wildman–Crippen MR) is 90.1 cm³/mol. The molecule has 1 aromatic carbocycles. The van der Waals surface area contributed by atoms with Crippen molar-refractivity contribution in [2.75, 3.05) is 13.1 Å².